The number of fused-ring (bicyclic) bond motifs is 2. The fraction of sp³-hybridized carbons (Fsp3) is 0.469. The molecular weight excluding hydrogens is 570 g/mol. The summed E-state index contributed by atoms with van der Waals surface area (Å²) >= 11 is 0. The summed E-state index contributed by atoms with van der Waals surface area (Å²) in [6.07, 6.45) is 1.46. The van der Waals surface area contributed by atoms with E-state index in [1.54, 1.807) is 4.90 Å². The van der Waals surface area contributed by atoms with Crippen molar-refractivity contribution < 1.29 is 24.2 Å². The number of aliphatic hydroxyl groups excluding tert-OH is 1. The zero-order chi connectivity index (χ0) is 30.7. The molecule has 10 nitrogen and oxygen atoms in total. The molecule has 0 bridgehead atoms. The van der Waals surface area contributed by atoms with Crippen LogP contribution in [0.15, 0.2) is 54.7 Å². The molecule has 1 aliphatic heterocycles. The number of H-pyrrole nitrogens is 1. The standard InChI is InChI=1S/C32H43N5O5.ClH/c1-31(2,16-28(39)37-19-21(36-30(41)42-5)14-20-10-6-9-13-26(20)37)15-24(33)27(38)18-35-29(40)32(3,4)23-17-34-25-12-8-7-11-22(23)25;/h6-13,17,21,24,27,34,38H,14-16,18-19,33H2,1-5H3,(H,35,40)(H,36,41);1H/t21?,24-,27-;/m0./s1. The van der Waals surface area contributed by atoms with Crippen molar-refractivity contribution in [3.63, 3.8) is 0 Å². The van der Waals surface area contributed by atoms with E-state index < -0.39 is 29.1 Å². The molecule has 0 aliphatic carbocycles. The largest absolute Gasteiger partial charge is 0.453 e. The molecule has 0 saturated heterocycles. The second-order valence-corrected chi connectivity index (χ2v) is 12.5. The smallest absolute Gasteiger partial charge is 0.407 e. The van der Waals surface area contributed by atoms with Crippen LogP contribution in [0.3, 0.4) is 0 Å². The number of nitrogens with two attached hydrogens (primary N) is 1. The summed E-state index contributed by atoms with van der Waals surface area (Å²) in [6.45, 7) is 7.91. The summed E-state index contributed by atoms with van der Waals surface area (Å²) in [6, 6.07) is 14.5. The van der Waals surface area contributed by atoms with Crippen LogP contribution in [0.1, 0.15) is 51.7 Å². The molecular formula is C32H44ClN5O5. The van der Waals surface area contributed by atoms with Gasteiger partial charge in [0.25, 0.3) is 0 Å². The van der Waals surface area contributed by atoms with Crippen molar-refractivity contribution in [3.05, 3.63) is 65.9 Å². The number of para-hydroxylation sites is 2. The Morgan fingerprint density at radius 2 is 1.79 bits per heavy atom. The third-order valence-electron chi connectivity index (χ3n) is 8.17. The lowest BCUT2D eigenvalue weighted by Gasteiger charge is -2.37. The summed E-state index contributed by atoms with van der Waals surface area (Å²) in [4.78, 5) is 43.5. The van der Waals surface area contributed by atoms with Gasteiger partial charge in [-0.2, -0.15) is 0 Å². The van der Waals surface area contributed by atoms with Crippen LogP contribution >= 0.6 is 12.4 Å². The van der Waals surface area contributed by atoms with Crippen LogP contribution in [0.5, 0.6) is 0 Å². The Morgan fingerprint density at radius 3 is 2.51 bits per heavy atom. The van der Waals surface area contributed by atoms with E-state index in [0.29, 0.717) is 19.4 Å². The normalized spacial score (nSPS) is 16.4. The highest BCUT2D eigenvalue weighted by Gasteiger charge is 2.35. The molecule has 1 aromatic heterocycles. The molecule has 234 valence electrons. The van der Waals surface area contributed by atoms with Crippen LogP contribution in [-0.4, -0.2) is 66.4 Å². The van der Waals surface area contributed by atoms with E-state index in [4.69, 9.17) is 10.5 Å². The first-order chi connectivity index (χ1) is 19.8. The fourth-order valence-corrected chi connectivity index (χ4v) is 5.79. The van der Waals surface area contributed by atoms with Gasteiger partial charge in [0.1, 0.15) is 0 Å². The van der Waals surface area contributed by atoms with Crippen LogP contribution in [0.2, 0.25) is 0 Å². The minimum absolute atomic E-state index is 0. The number of aliphatic hydroxyl groups is 1. The lowest BCUT2D eigenvalue weighted by molar-refractivity contribution is -0.126. The molecule has 2 heterocycles. The molecule has 11 heteroatoms. The van der Waals surface area contributed by atoms with E-state index in [9.17, 15) is 19.5 Å². The molecule has 3 atom stereocenters. The summed E-state index contributed by atoms with van der Waals surface area (Å²) in [5, 5.41) is 17.5. The van der Waals surface area contributed by atoms with Gasteiger partial charge in [0.05, 0.1) is 24.7 Å². The van der Waals surface area contributed by atoms with E-state index in [1.165, 1.54) is 7.11 Å². The first-order valence-corrected chi connectivity index (χ1v) is 14.3. The number of hydrogen-bond acceptors (Lipinski definition) is 6. The van der Waals surface area contributed by atoms with Crippen molar-refractivity contribution in [2.75, 3.05) is 25.1 Å². The number of ether oxygens (including phenoxy) is 1. The Balaban J connectivity index is 0.00000506. The van der Waals surface area contributed by atoms with Crippen LogP contribution in [0, 0.1) is 5.41 Å². The predicted octanol–water partition coefficient (Wildman–Crippen LogP) is 3.79. The highest BCUT2D eigenvalue weighted by Crippen LogP contribution is 2.33. The molecule has 1 aliphatic rings. The zero-order valence-electron chi connectivity index (χ0n) is 25.5. The molecule has 3 amide bonds. The van der Waals surface area contributed by atoms with Gasteiger partial charge in [0.2, 0.25) is 11.8 Å². The van der Waals surface area contributed by atoms with Crippen molar-refractivity contribution >= 4 is 46.9 Å². The fourth-order valence-electron chi connectivity index (χ4n) is 5.79. The van der Waals surface area contributed by atoms with Gasteiger partial charge >= 0.3 is 6.09 Å². The number of aromatic nitrogens is 1. The van der Waals surface area contributed by atoms with Gasteiger partial charge in [0, 0.05) is 48.3 Å². The Hall–Kier alpha value is -3.60. The number of hydrogen-bond donors (Lipinski definition) is 5. The molecule has 0 fully saturated rings. The van der Waals surface area contributed by atoms with Crippen molar-refractivity contribution in [3.8, 4) is 0 Å². The van der Waals surface area contributed by atoms with Crippen molar-refractivity contribution in [1.82, 2.24) is 15.6 Å². The predicted molar refractivity (Wildman–Crippen MR) is 170 cm³/mol. The third-order valence-corrected chi connectivity index (χ3v) is 8.17. The monoisotopic (exact) mass is 613 g/mol. The van der Waals surface area contributed by atoms with Gasteiger partial charge in [-0.1, -0.05) is 50.2 Å². The van der Waals surface area contributed by atoms with E-state index in [0.717, 1.165) is 27.7 Å². The molecule has 0 radical (unpaired) electrons. The Labute approximate surface area is 259 Å². The van der Waals surface area contributed by atoms with Crippen molar-refractivity contribution in [2.45, 2.75) is 70.6 Å². The van der Waals surface area contributed by atoms with E-state index >= 15 is 0 Å². The number of aromatic amines is 1. The van der Waals surface area contributed by atoms with E-state index in [1.807, 2.05) is 82.4 Å². The quantitative estimate of drug-likeness (QED) is 0.235. The van der Waals surface area contributed by atoms with Gasteiger partial charge in [-0.15, -0.1) is 12.4 Å². The lowest BCUT2D eigenvalue weighted by atomic mass is 9.80. The average molecular weight is 614 g/mol. The highest BCUT2D eigenvalue weighted by atomic mass is 35.5. The number of rotatable bonds is 10. The molecule has 1 unspecified atom stereocenters. The SMILES string of the molecule is COC(=O)NC1Cc2ccccc2N(C(=O)CC(C)(C)C[C@H](N)[C@@H](O)CNC(=O)C(C)(C)c2c[nH]c3ccccc23)C1.Cl. The van der Waals surface area contributed by atoms with Gasteiger partial charge in [-0.3, -0.25) is 9.59 Å². The number of nitrogens with zero attached hydrogens (tertiary/aromatic N) is 1. The zero-order valence-corrected chi connectivity index (χ0v) is 26.3. The maximum atomic E-state index is 13.6. The minimum atomic E-state index is -0.994. The highest BCUT2D eigenvalue weighted by molar-refractivity contribution is 5.96. The second-order valence-electron chi connectivity index (χ2n) is 12.5. The number of nitrogens with one attached hydrogen (secondary N) is 3. The summed E-state index contributed by atoms with van der Waals surface area (Å²) < 4.78 is 4.75. The molecule has 2 aromatic carbocycles. The molecule has 4 rings (SSSR count). The molecule has 0 spiro atoms. The average Bonchev–Trinajstić information content (AvgIpc) is 3.39. The van der Waals surface area contributed by atoms with E-state index in [2.05, 4.69) is 15.6 Å². The van der Waals surface area contributed by atoms with Gasteiger partial charge in [-0.25, -0.2) is 4.79 Å². The summed E-state index contributed by atoms with van der Waals surface area (Å²) in [5.41, 5.74) is 8.64. The molecule has 0 saturated carbocycles. The number of alkyl carbamates (subject to hydrolysis) is 1. The Bertz CT molecular complexity index is 1440. The first-order valence-electron chi connectivity index (χ1n) is 14.3. The maximum Gasteiger partial charge on any atom is 0.407 e. The topological polar surface area (TPSA) is 150 Å². The Morgan fingerprint density at radius 1 is 1.12 bits per heavy atom. The number of amides is 3. The van der Waals surface area contributed by atoms with Crippen LogP contribution in [0.4, 0.5) is 10.5 Å². The van der Waals surface area contributed by atoms with E-state index in [-0.39, 0.29) is 43.2 Å². The van der Waals surface area contributed by atoms with Crippen molar-refractivity contribution in [2.24, 2.45) is 11.1 Å². The van der Waals surface area contributed by atoms with Crippen LogP contribution in [-0.2, 0) is 26.2 Å². The minimum Gasteiger partial charge on any atom is -0.453 e. The lowest BCUT2D eigenvalue weighted by Crippen LogP contribution is -2.51. The second kappa shape index (κ2) is 13.8. The van der Waals surface area contributed by atoms with Crippen LogP contribution < -0.4 is 21.3 Å². The summed E-state index contributed by atoms with van der Waals surface area (Å²) in [7, 11) is 1.31. The van der Waals surface area contributed by atoms with Gasteiger partial charge < -0.3 is 36.1 Å². The number of halogens is 1. The molecule has 3 aromatic rings. The number of anilines is 1. The molecule has 6 N–H and O–H groups in total. The number of carbonyl (C=O) groups is 3. The van der Waals surface area contributed by atoms with Crippen LogP contribution in [0.25, 0.3) is 10.9 Å². The first kappa shape index (κ1) is 33.9. The summed E-state index contributed by atoms with van der Waals surface area (Å²) in [5.74, 6) is -0.314. The number of methoxy groups -OCH3 is 1. The van der Waals surface area contributed by atoms with Gasteiger partial charge in [-0.05, 0) is 55.4 Å². The number of benzene rings is 2. The third kappa shape index (κ3) is 7.87. The molecule has 43 heavy (non-hydrogen) atoms. The number of carbonyl (C=O) groups excluding carboxylic acids is 3. The van der Waals surface area contributed by atoms with Crippen molar-refractivity contribution in [1.29, 1.82) is 0 Å². The Kier molecular flexibility index (Phi) is 10.9. The maximum absolute atomic E-state index is 13.6. The van der Waals surface area contributed by atoms with Gasteiger partial charge in [0.15, 0.2) is 0 Å².